The van der Waals surface area contributed by atoms with Crippen LogP contribution in [-0.4, -0.2) is 146 Å². The standard InChI is InChI=1S/C36H65NO13/c1-13-24-36(10,45)29(40)19(4)26(38)17(2)15-35(9,44)31(50-33-27(39)23(37(11)12)14-18(3)46-33)20(5)28(21(6)32(42)48-24)49-25-16-34(8,43)30(41)22(7)47-25/h17-25,27-31,33,39-41,43-45H,13-16H2,1-12H3/t17-,18-,19+,20+,21-,22+,23+,24-,25+,27-,28+,29-,30+,31-,33+,34-,35+,36-/m1/s1. The number of rotatable bonds is 6. The number of aliphatic hydroxyl groups is 6. The summed E-state index contributed by atoms with van der Waals surface area (Å²) >= 11 is 0. The van der Waals surface area contributed by atoms with Crippen molar-refractivity contribution in [1.29, 1.82) is 0 Å². The van der Waals surface area contributed by atoms with E-state index < -0.39 is 108 Å². The zero-order valence-corrected chi connectivity index (χ0v) is 32.0. The molecule has 3 aliphatic rings. The SMILES string of the molecule is CC[C@H]1OC(=O)[C@H](C)[C@@H](O[C@H]2C[C@@](C)(O)[C@@H](O)[C@H](C)O2)[C@H](C)[C@@H](O[C@@H]2O[C@H](C)C[C@H](N(C)C)[C@H]2O)[C@@](C)(O)C[C@@H](C)C(=O)[C@H](C)[C@@H](O)[C@]1(C)O. The second-order valence-corrected chi connectivity index (χ2v) is 16.3. The molecule has 0 aromatic carbocycles. The topological polar surface area (TPSA) is 205 Å². The van der Waals surface area contributed by atoms with Gasteiger partial charge in [0.15, 0.2) is 12.6 Å². The first-order chi connectivity index (χ1) is 22.9. The van der Waals surface area contributed by atoms with Gasteiger partial charge in [-0.3, -0.25) is 9.59 Å². The molecule has 0 aromatic rings. The maximum absolute atomic E-state index is 14.0. The van der Waals surface area contributed by atoms with Gasteiger partial charge in [0.1, 0.15) is 29.7 Å². The highest BCUT2D eigenvalue weighted by Crippen LogP contribution is 2.40. The zero-order valence-electron chi connectivity index (χ0n) is 32.0. The molecule has 14 heteroatoms. The molecule has 0 amide bonds. The Kier molecular flexibility index (Phi) is 14.1. The second-order valence-electron chi connectivity index (χ2n) is 16.3. The molecule has 3 saturated heterocycles. The van der Waals surface area contributed by atoms with E-state index in [1.54, 1.807) is 34.6 Å². The molecule has 14 nitrogen and oxygen atoms in total. The van der Waals surface area contributed by atoms with Crippen LogP contribution in [0.3, 0.4) is 0 Å². The highest BCUT2D eigenvalue weighted by atomic mass is 16.7. The van der Waals surface area contributed by atoms with Gasteiger partial charge in [0, 0.05) is 30.2 Å². The molecule has 0 spiro atoms. The molecule has 3 aliphatic heterocycles. The molecule has 50 heavy (non-hydrogen) atoms. The smallest absolute Gasteiger partial charge is 0.311 e. The van der Waals surface area contributed by atoms with Crippen LogP contribution in [0.5, 0.6) is 0 Å². The van der Waals surface area contributed by atoms with Crippen LogP contribution in [0.1, 0.15) is 94.9 Å². The summed E-state index contributed by atoms with van der Waals surface area (Å²) in [5, 5.41) is 68.1. The molecule has 292 valence electrons. The molecular formula is C36H65NO13. The van der Waals surface area contributed by atoms with Crippen molar-refractivity contribution in [1.82, 2.24) is 4.90 Å². The van der Waals surface area contributed by atoms with Crippen LogP contribution in [-0.2, 0) is 33.3 Å². The minimum Gasteiger partial charge on any atom is -0.459 e. The fraction of sp³-hybridized carbons (Fsp3) is 0.944. The molecule has 0 aromatic heterocycles. The summed E-state index contributed by atoms with van der Waals surface area (Å²) in [6.07, 6.45) is -10.7. The van der Waals surface area contributed by atoms with Crippen LogP contribution in [0, 0.1) is 23.7 Å². The van der Waals surface area contributed by atoms with E-state index in [2.05, 4.69) is 0 Å². The molecule has 3 fully saturated rings. The number of hydrogen-bond acceptors (Lipinski definition) is 14. The monoisotopic (exact) mass is 719 g/mol. The molecule has 0 bridgehead atoms. The number of Topliss-reactive ketones (excluding diaryl/α,β-unsaturated/α-hetero) is 1. The van der Waals surface area contributed by atoms with E-state index in [1.807, 2.05) is 25.9 Å². The summed E-state index contributed by atoms with van der Waals surface area (Å²) in [7, 11) is 3.67. The maximum atomic E-state index is 14.0. The van der Waals surface area contributed by atoms with E-state index in [9.17, 15) is 40.2 Å². The predicted molar refractivity (Wildman–Crippen MR) is 181 cm³/mol. The van der Waals surface area contributed by atoms with Crippen LogP contribution in [0.4, 0.5) is 0 Å². The summed E-state index contributed by atoms with van der Waals surface area (Å²) < 4.78 is 31.0. The van der Waals surface area contributed by atoms with Crippen molar-refractivity contribution in [3.05, 3.63) is 0 Å². The van der Waals surface area contributed by atoms with Crippen molar-refractivity contribution in [3.63, 3.8) is 0 Å². The van der Waals surface area contributed by atoms with Gasteiger partial charge in [0.2, 0.25) is 0 Å². The molecule has 0 radical (unpaired) electrons. The van der Waals surface area contributed by atoms with Gasteiger partial charge in [-0.1, -0.05) is 27.7 Å². The third-order valence-electron chi connectivity index (χ3n) is 11.4. The molecule has 0 unspecified atom stereocenters. The number of likely N-dealkylation sites (N-methyl/N-ethyl adjacent to an activating group) is 1. The molecule has 6 N–H and O–H groups in total. The van der Waals surface area contributed by atoms with Crippen molar-refractivity contribution in [2.75, 3.05) is 14.1 Å². The van der Waals surface area contributed by atoms with Crippen molar-refractivity contribution in [3.8, 4) is 0 Å². The largest absolute Gasteiger partial charge is 0.459 e. The lowest BCUT2D eigenvalue weighted by Gasteiger charge is -2.48. The number of carbonyl (C=O) groups excluding carboxylic acids is 2. The van der Waals surface area contributed by atoms with Crippen molar-refractivity contribution in [2.45, 2.75) is 179 Å². The minimum atomic E-state index is -2.01. The predicted octanol–water partition coefficient (Wildman–Crippen LogP) is 1.13. The number of nitrogens with zero attached hydrogens (tertiary/aromatic N) is 1. The Morgan fingerprint density at radius 2 is 1.44 bits per heavy atom. The number of esters is 1. The van der Waals surface area contributed by atoms with E-state index in [0.717, 1.165) is 0 Å². The lowest BCUT2D eigenvalue weighted by atomic mass is 9.74. The average molecular weight is 720 g/mol. The number of cyclic esters (lactones) is 1. The number of ketones is 1. The van der Waals surface area contributed by atoms with Gasteiger partial charge < -0.3 is 59.2 Å². The van der Waals surface area contributed by atoms with Gasteiger partial charge >= 0.3 is 5.97 Å². The summed E-state index contributed by atoms with van der Waals surface area (Å²) in [6.45, 7) is 15.8. The van der Waals surface area contributed by atoms with Crippen molar-refractivity contribution < 1.29 is 63.9 Å². The van der Waals surface area contributed by atoms with E-state index in [-0.39, 0.29) is 31.4 Å². The molecule has 0 aliphatic carbocycles. The zero-order chi connectivity index (χ0) is 38.3. The third kappa shape index (κ3) is 9.25. The summed E-state index contributed by atoms with van der Waals surface area (Å²) in [4.78, 5) is 29.6. The number of hydrogen-bond donors (Lipinski definition) is 6. The maximum Gasteiger partial charge on any atom is 0.311 e. The quantitative estimate of drug-likeness (QED) is 0.213. The first kappa shape index (κ1) is 43.1. The van der Waals surface area contributed by atoms with E-state index in [4.69, 9.17) is 23.7 Å². The van der Waals surface area contributed by atoms with Crippen LogP contribution >= 0.6 is 0 Å². The fourth-order valence-corrected chi connectivity index (χ4v) is 8.22. The number of carbonyl (C=O) groups is 2. The Balaban J connectivity index is 2.17. The van der Waals surface area contributed by atoms with Gasteiger partial charge in [-0.05, 0) is 74.9 Å². The van der Waals surface area contributed by atoms with Gasteiger partial charge in [-0.15, -0.1) is 0 Å². The van der Waals surface area contributed by atoms with Gasteiger partial charge in [0.25, 0.3) is 0 Å². The number of aliphatic hydroxyl groups excluding tert-OH is 3. The van der Waals surface area contributed by atoms with E-state index in [1.165, 1.54) is 27.7 Å². The highest BCUT2D eigenvalue weighted by Gasteiger charge is 2.53. The Labute approximate surface area is 297 Å². The highest BCUT2D eigenvalue weighted by molar-refractivity contribution is 5.83. The summed E-state index contributed by atoms with van der Waals surface area (Å²) in [5.41, 5.74) is -5.42. The lowest BCUT2D eigenvalue weighted by molar-refractivity contribution is -0.316. The first-order valence-electron chi connectivity index (χ1n) is 18.1. The Morgan fingerprint density at radius 1 is 0.840 bits per heavy atom. The lowest BCUT2D eigenvalue weighted by Crippen LogP contribution is -2.61. The van der Waals surface area contributed by atoms with Gasteiger partial charge in [-0.25, -0.2) is 0 Å². The van der Waals surface area contributed by atoms with Gasteiger partial charge in [0.05, 0.1) is 47.6 Å². The third-order valence-corrected chi connectivity index (χ3v) is 11.4. The fourth-order valence-electron chi connectivity index (χ4n) is 8.22. The minimum absolute atomic E-state index is 0.118. The van der Waals surface area contributed by atoms with Crippen LogP contribution in [0.2, 0.25) is 0 Å². The normalized spacial score (nSPS) is 50.5. The second kappa shape index (κ2) is 16.4. The van der Waals surface area contributed by atoms with E-state index >= 15 is 0 Å². The van der Waals surface area contributed by atoms with Crippen LogP contribution < -0.4 is 0 Å². The molecule has 3 rings (SSSR count). The molecule has 0 saturated carbocycles. The Hall–Kier alpha value is -1.30. The molecule has 18 atom stereocenters. The van der Waals surface area contributed by atoms with Crippen molar-refractivity contribution in [2.24, 2.45) is 23.7 Å². The molecular weight excluding hydrogens is 654 g/mol. The Morgan fingerprint density at radius 3 is 1.98 bits per heavy atom. The summed E-state index contributed by atoms with van der Waals surface area (Å²) in [6, 6.07) is -0.337. The van der Waals surface area contributed by atoms with Crippen molar-refractivity contribution >= 4 is 11.8 Å². The number of ether oxygens (including phenoxy) is 5. The van der Waals surface area contributed by atoms with Crippen LogP contribution in [0.25, 0.3) is 0 Å². The average Bonchev–Trinajstić information content (AvgIpc) is 3.01. The van der Waals surface area contributed by atoms with Crippen LogP contribution in [0.15, 0.2) is 0 Å². The molecule has 3 heterocycles. The Bertz CT molecular complexity index is 1150. The van der Waals surface area contributed by atoms with E-state index in [0.29, 0.717) is 6.42 Å². The summed E-state index contributed by atoms with van der Waals surface area (Å²) in [5.74, 6) is -5.14. The first-order valence-corrected chi connectivity index (χ1v) is 18.1. The van der Waals surface area contributed by atoms with Gasteiger partial charge in [-0.2, -0.15) is 0 Å².